The fourth-order valence-corrected chi connectivity index (χ4v) is 14.0. The summed E-state index contributed by atoms with van der Waals surface area (Å²) in [4.78, 5) is 114. The second kappa shape index (κ2) is 23.3. The lowest BCUT2D eigenvalue weighted by Crippen LogP contribution is -2.40. The van der Waals surface area contributed by atoms with E-state index in [0.29, 0.717) is 123 Å². The molecule has 0 bridgehead atoms. The molecule has 0 saturated heterocycles. The van der Waals surface area contributed by atoms with E-state index < -0.39 is 23.6 Å². The summed E-state index contributed by atoms with van der Waals surface area (Å²) >= 11 is 0. The van der Waals surface area contributed by atoms with Gasteiger partial charge in [0.25, 0.3) is 47.3 Å². The quantitative estimate of drug-likeness (QED) is 0.112. The van der Waals surface area contributed by atoms with Crippen LogP contribution in [0.5, 0.6) is 23.0 Å². The highest BCUT2D eigenvalue weighted by atomic mass is 16.5. The average molecular weight is 1290 g/mol. The lowest BCUT2D eigenvalue weighted by Gasteiger charge is -2.28. The van der Waals surface area contributed by atoms with Crippen molar-refractivity contribution >= 4 is 113 Å². The van der Waals surface area contributed by atoms with Gasteiger partial charge in [0, 0.05) is 87.6 Å². The minimum atomic E-state index is -0.403. The minimum absolute atomic E-state index is 0.378. The van der Waals surface area contributed by atoms with Crippen molar-refractivity contribution in [2.24, 2.45) is 0 Å². The van der Waals surface area contributed by atoms with Crippen LogP contribution >= 0.6 is 0 Å². The number of carbonyl (C=O) groups excluding carboxylic acids is 8. The van der Waals surface area contributed by atoms with Crippen LogP contribution in [-0.2, 0) is 0 Å². The Hall–Kier alpha value is -13.3. The molecule has 98 heavy (non-hydrogen) atoms. The Bertz CT molecular complexity index is 5230. The fraction of sp³-hybridized carbons (Fsp3) is 0.0488. The maximum Gasteiger partial charge on any atom is 0.265 e. The summed E-state index contributed by atoms with van der Waals surface area (Å²) in [7, 11) is 6.25. The van der Waals surface area contributed by atoms with Crippen molar-refractivity contribution in [2.75, 3.05) is 48.0 Å². The Morgan fingerprint density at radius 3 is 0.531 bits per heavy atom. The first-order valence-corrected chi connectivity index (χ1v) is 31.2. The number of nitrogens with zero attached hydrogens (tertiary/aromatic N) is 4. The zero-order valence-corrected chi connectivity index (χ0v) is 52.8. The highest BCUT2D eigenvalue weighted by Crippen LogP contribution is 2.43. The highest BCUT2D eigenvalue weighted by Gasteiger charge is 2.39. The van der Waals surface area contributed by atoms with Crippen LogP contribution in [0.25, 0.3) is 76.5 Å². The third kappa shape index (κ3) is 9.21. The van der Waals surface area contributed by atoms with Gasteiger partial charge in [-0.3, -0.25) is 38.4 Å². The van der Waals surface area contributed by atoms with Crippen molar-refractivity contribution in [1.82, 2.24) is 0 Å². The first kappa shape index (κ1) is 59.7. The topological polar surface area (TPSA) is 186 Å². The Kier molecular flexibility index (Phi) is 14.2. The molecule has 13 aromatic carbocycles. The number of hydrogen-bond acceptors (Lipinski definition) is 12. The van der Waals surface area contributed by atoms with E-state index in [1.807, 2.05) is 97.1 Å². The summed E-state index contributed by atoms with van der Waals surface area (Å²) < 4.78 is 21.8. The van der Waals surface area contributed by atoms with E-state index in [2.05, 4.69) is 0 Å². The molecule has 0 unspecified atom stereocenters. The van der Waals surface area contributed by atoms with Gasteiger partial charge in [-0.15, -0.1) is 0 Å². The van der Waals surface area contributed by atoms with Gasteiger partial charge < -0.3 is 18.9 Å². The Morgan fingerprint density at radius 2 is 0.357 bits per heavy atom. The number of amides is 8. The van der Waals surface area contributed by atoms with Gasteiger partial charge in [-0.1, -0.05) is 121 Å². The van der Waals surface area contributed by atoms with Crippen molar-refractivity contribution in [3.8, 4) is 56.4 Å². The predicted molar refractivity (Wildman–Crippen MR) is 376 cm³/mol. The number of imide groups is 4. The average Bonchev–Trinajstić information content (AvgIpc) is 0.756. The molecule has 472 valence electrons. The largest absolute Gasteiger partial charge is 0.496 e. The van der Waals surface area contributed by atoms with Crippen LogP contribution in [0.1, 0.15) is 82.9 Å². The van der Waals surface area contributed by atoms with Crippen molar-refractivity contribution < 1.29 is 57.3 Å². The maximum atomic E-state index is 13.6. The monoisotopic (exact) mass is 1280 g/mol. The number of methoxy groups -OCH3 is 4. The molecule has 4 aliphatic heterocycles. The molecular weight excluding hydrogens is 1230 g/mol. The van der Waals surface area contributed by atoms with Gasteiger partial charge in [0.05, 0.1) is 51.2 Å². The molecule has 0 N–H and O–H groups in total. The second-order valence-electron chi connectivity index (χ2n) is 23.7. The number of ether oxygens (including phenoxy) is 4. The highest BCUT2D eigenvalue weighted by molar-refractivity contribution is 6.39. The molecule has 0 spiro atoms. The normalized spacial score (nSPS) is 13.8. The van der Waals surface area contributed by atoms with E-state index in [4.69, 9.17) is 18.9 Å². The van der Waals surface area contributed by atoms with E-state index in [0.717, 1.165) is 44.2 Å². The molecule has 17 rings (SSSR count). The molecule has 0 fully saturated rings. The molecule has 0 atom stereocenters. The van der Waals surface area contributed by atoms with E-state index in [1.165, 1.54) is 19.6 Å². The molecule has 13 aromatic rings. The van der Waals surface area contributed by atoms with E-state index in [9.17, 15) is 38.4 Å². The predicted octanol–water partition coefficient (Wildman–Crippen LogP) is 16.2. The molecule has 16 heteroatoms. The lowest BCUT2D eigenvalue weighted by molar-refractivity contribution is 0.0877. The van der Waals surface area contributed by atoms with E-state index in [-0.39, 0.29) is 23.6 Å². The van der Waals surface area contributed by atoms with Crippen LogP contribution in [0.3, 0.4) is 0 Å². The molecule has 0 radical (unpaired) electrons. The number of hydrogen-bond donors (Lipinski definition) is 0. The van der Waals surface area contributed by atoms with Crippen molar-refractivity contribution in [2.45, 2.75) is 0 Å². The molecule has 16 nitrogen and oxygen atoms in total. The first-order chi connectivity index (χ1) is 47.8. The SMILES string of the molecule is COc1ccc2c3c(cccc13)C(=O)N(c1ccc(-c3ccc(-c4ccc(N5C(=O)c6cccc7c(OC)ccc(c67)C5=O)cc4)cc3)cc1)C2=O.COc1ccc2c3c(cccc13)C(=O)N(c1ccc(-c3ccc(N4C(=O)c5cccc6c(OC)ccc(c56)C4=O)cc3)cc1)C2=O. The van der Waals surface area contributed by atoms with Gasteiger partial charge in [0.1, 0.15) is 23.0 Å². The van der Waals surface area contributed by atoms with Crippen LogP contribution < -0.4 is 38.5 Å². The Balaban J connectivity index is 0.000000154. The summed E-state index contributed by atoms with van der Waals surface area (Å²) in [5, 5.41) is 5.29. The number of rotatable bonds is 11. The van der Waals surface area contributed by atoms with Gasteiger partial charge in [-0.25, -0.2) is 19.6 Å². The standard InChI is InChI=1S/C44H28N2O6.C38H24N2O6/c1-51-37-23-21-35-39-31(37)5-3-7-33(39)41(47)45(43(35)49)29-17-13-27(14-18-29)25-9-11-26(12-10-25)28-15-19-30(20-16-28)46-42(48)34-8-4-6-32-38(52-2)24-22-36(40(32)34)44(46)50;1-45-31-19-17-29-33-25(31)5-3-7-27(33)35(41)39(37(29)43)23-13-9-21(10-14-23)22-11-15-24(16-12-22)40-36(42)28-8-4-6-26-32(46-2)20-18-30(34(26)28)38(40)44/h3-24H,1-2H3;3-20H,1-2H3. The third-order valence-electron chi connectivity index (χ3n) is 18.7. The second-order valence-corrected chi connectivity index (χ2v) is 23.7. The summed E-state index contributed by atoms with van der Waals surface area (Å²) in [6.07, 6.45) is 0. The minimum Gasteiger partial charge on any atom is -0.496 e. The molecule has 0 saturated carbocycles. The lowest BCUT2D eigenvalue weighted by atomic mass is 9.92. The van der Waals surface area contributed by atoms with Gasteiger partial charge in [0.15, 0.2) is 0 Å². The number of benzene rings is 13. The Labute approximate surface area is 559 Å². The van der Waals surface area contributed by atoms with Gasteiger partial charge in [-0.05, 0) is 155 Å². The van der Waals surface area contributed by atoms with Crippen LogP contribution in [0, 0.1) is 0 Å². The van der Waals surface area contributed by atoms with Crippen molar-refractivity contribution in [3.05, 3.63) is 287 Å². The van der Waals surface area contributed by atoms with Gasteiger partial charge in [-0.2, -0.15) is 0 Å². The Morgan fingerprint density at radius 1 is 0.194 bits per heavy atom. The summed E-state index contributed by atoms with van der Waals surface area (Å²) in [5.41, 5.74) is 10.9. The molecular formula is C82H52N4O12. The molecule has 4 aliphatic rings. The molecule has 4 heterocycles. The number of carbonyl (C=O) groups is 8. The first-order valence-electron chi connectivity index (χ1n) is 31.2. The molecule has 0 aliphatic carbocycles. The molecule has 0 aromatic heterocycles. The summed E-state index contributed by atoms with van der Waals surface area (Å²) in [6.45, 7) is 0. The van der Waals surface area contributed by atoms with Crippen molar-refractivity contribution in [3.63, 3.8) is 0 Å². The summed E-state index contributed by atoms with van der Waals surface area (Å²) in [5.74, 6) is -0.706. The zero-order valence-electron chi connectivity index (χ0n) is 52.8. The van der Waals surface area contributed by atoms with Crippen LogP contribution in [0.2, 0.25) is 0 Å². The fourth-order valence-electron chi connectivity index (χ4n) is 14.0. The summed E-state index contributed by atoms with van der Waals surface area (Å²) in [6, 6.07) is 72.2. The van der Waals surface area contributed by atoms with Crippen LogP contribution in [-0.4, -0.2) is 75.7 Å². The van der Waals surface area contributed by atoms with Crippen LogP contribution in [0.15, 0.2) is 243 Å². The van der Waals surface area contributed by atoms with Gasteiger partial charge >= 0.3 is 0 Å². The molecule has 8 amide bonds. The van der Waals surface area contributed by atoms with Gasteiger partial charge in [0.2, 0.25) is 0 Å². The number of anilines is 4. The smallest absolute Gasteiger partial charge is 0.265 e. The van der Waals surface area contributed by atoms with Crippen molar-refractivity contribution in [1.29, 1.82) is 0 Å². The van der Waals surface area contributed by atoms with Crippen LogP contribution in [0.4, 0.5) is 22.7 Å². The van der Waals surface area contributed by atoms with E-state index >= 15 is 0 Å². The third-order valence-corrected chi connectivity index (χ3v) is 18.7. The zero-order chi connectivity index (χ0) is 67.4. The maximum absolute atomic E-state index is 13.6. The van der Waals surface area contributed by atoms with E-state index in [1.54, 1.807) is 174 Å².